The van der Waals surface area contributed by atoms with Gasteiger partial charge in [0.25, 0.3) is 5.56 Å². The zero-order valence-electron chi connectivity index (χ0n) is 23.5. The van der Waals surface area contributed by atoms with Crippen LogP contribution in [0.4, 0.5) is 0 Å². The van der Waals surface area contributed by atoms with Gasteiger partial charge in [0.2, 0.25) is 0 Å². The molecular formula is C32H27Cl3N2O5S. The third kappa shape index (κ3) is 6.53. The number of carbonyl (C=O) groups excluding carboxylic acids is 1. The fourth-order valence-corrected chi connectivity index (χ4v) is 6.56. The lowest BCUT2D eigenvalue weighted by molar-refractivity contribution is -0.139. The van der Waals surface area contributed by atoms with Crippen molar-refractivity contribution in [3.8, 4) is 11.5 Å². The van der Waals surface area contributed by atoms with E-state index >= 15 is 0 Å². The Morgan fingerprint density at radius 2 is 1.74 bits per heavy atom. The number of nitrogens with zero attached hydrogens (tertiary/aromatic N) is 2. The molecule has 11 heteroatoms. The van der Waals surface area contributed by atoms with E-state index < -0.39 is 12.0 Å². The van der Waals surface area contributed by atoms with Crippen LogP contribution >= 0.6 is 46.1 Å². The molecule has 0 saturated carbocycles. The standard InChI is InChI=1S/C32H27Cl3N2O5S/c1-4-40-23-12-10-19(11-13-23)28-27(31(39)41-5-2)18(3)36-32-37(28)30(38)26(43-32)15-21-14-22(33)16-25(35)29(21)42-17-20-8-6-7-9-24(20)34/h6-16,28H,4-5,17H2,1-3H3/b26-15-/t28-/m1/s1. The van der Waals surface area contributed by atoms with Crippen molar-refractivity contribution in [1.29, 1.82) is 0 Å². The van der Waals surface area contributed by atoms with Crippen molar-refractivity contribution in [3.63, 3.8) is 0 Å². The van der Waals surface area contributed by atoms with E-state index in [1.54, 1.807) is 38.1 Å². The first-order valence-corrected chi connectivity index (χ1v) is 15.4. The number of benzene rings is 3. The summed E-state index contributed by atoms with van der Waals surface area (Å²) in [6.45, 7) is 6.22. The first-order valence-electron chi connectivity index (χ1n) is 13.5. The lowest BCUT2D eigenvalue weighted by atomic mass is 9.96. The first-order chi connectivity index (χ1) is 20.7. The number of carbonyl (C=O) groups is 1. The van der Waals surface area contributed by atoms with Gasteiger partial charge in [-0.15, -0.1) is 0 Å². The molecule has 1 aromatic heterocycles. The minimum absolute atomic E-state index is 0.156. The molecule has 0 spiro atoms. The van der Waals surface area contributed by atoms with Crippen molar-refractivity contribution in [3.05, 3.63) is 123 Å². The average Bonchev–Trinajstić information content (AvgIpc) is 3.27. The number of halogens is 3. The van der Waals surface area contributed by atoms with E-state index in [2.05, 4.69) is 4.99 Å². The highest BCUT2D eigenvalue weighted by Gasteiger charge is 2.33. The van der Waals surface area contributed by atoms with Crippen LogP contribution in [0.25, 0.3) is 6.08 Å². The Hall–Kier alpha value is -3.56. The maximum Gasteiger partial charge on any atom is 0.338 e. The third-order valence-corrected chi connectivity index (χ3v) is 8.53. The topological polar surface area (TPSA) is 79.1 Å². The van der Waals surface area contributed by atoms with Crippen molar-refractivity contribution < 1.29 is 19.0 Å². The highest BCUT2D eigenvalue weighted by Crippen LogP contribution is 2.35. The number of ether oxygens (including phenoxy) is 3. The van der Waals surface area contributed by atoms with E-state index in [0.717, 1.165) is 5.56 Å². The Morgan fingerprint density at radius 1 is 1.00 bits per heavy atom. The minimum atomic E-state index is -0.757. The summed E-state index contributed by atoms with van der Waals surface area (Å²) in [5, 5.41) is 1.22. The van der Waals surface area contributed by atoms with Crippen LogP contribution in [0.15, 0.2) is 81.7 Å². The molecule has 1 aliphatic rings. The maximum atomic E-state index is 14.1. The molecule has 5 rings (SSSR count). The Morgan fingerprint density at radius 3 is 2.44 bits per heavy atom. The van der Waals surface area contributed by atoms with Crippen LogP contribution in [0.1, 0.15) is 43.5 Å². The largest absolute Gasteiger partial charge is 0.494 e. The van der Waals surface area contributed by atoms with E-state index in [4.69, 9.17) is 49.0 Å². The molecule has 1 aliphatic heterocycles. The van der Waals surface area contributed by atoms with Gasteiger partial charge in [-0.1, -0.05) is 76.5 Å². The van der Waals surface area contributed by atoms with Crippen molar-refractivity contribution in [2.75, 3.05) is 13.2 Å². The fraction of sp³-hybridized carbons (Fsp3) is 0.219. The smallest absolute Gasteiger partial charge is 0.338 e. The van der Waals surface area contributed by atoms with Gasteiger partial charge in [-0.3, -0.25) is 9.36 Å². The number of hydrogen-bond donors (Lipinski definition) is 0. The van der Waals surface area contributed by atoms with E-state index in [1.807, 2.05) is 49.4 Å². The number of hydrogen-bond acceptors (Lipinski definition) is 7. The second-order valence-corrected chi connectivity index (χ2v) is 11.8. The zero-order chi connectivity index (χ0) is 30.7. The molecule has 7 nitrogen and oxygen atoms in total. The summed E-state index contributed by atoms with van der Waals surface area (Å²) in [4.78, 5) is 32.3. The summed E-state index contributed by atoms with van der Waals surface area (Å²) in [5.74, 6) is 0.497. The second-order valence-electron chi connectivity index (χ2n) is 9.49. The summed E-state index contributed by atoms with van der Waals surface area (Å²) in [5.41, 5.74) is 2.42. The van der Waals surface area contributed by atoms with Crippen LogP contribution in [0, 0.1) is 0 Å². The van der Waals surface area contributed by atoms with Crippen LogP contribution in [0.2, 0.25) is 15.1 Å². The highest BCUT2D eigenvalue weighted by atomic mass is 35.5. The van der Waals surface area contributed by atoms with Gasteiger partial charge in [-0.2, -0.15) is 0 Å². The van der Waals surface area contributed by atoms with Crippen LogP contribution in [0.5, 0.6) is 11.5 Å². The summed E-state index contributed by atoms with van der Waals surface area (Å²) in [7, 11) is 0. The zero-order valence-corrected chi connectivity index (χ0v) is 26.6. The van der Waals surface area contributed by atoms with Gasteiger partial charge in [-0.05, 0) is 62.7 Å². The lowest BCUT2D eigenvalue weighted by Gasteiger charge is -2.24. The third-order valence-electron chi connectivity index (χ3n) is 6.68. The molecule has 0 aliphatic carbocycles. The predicted molar refractivity (Wildman–Crippen MR) is 170 cm³/mol. The second kappa shape index (κ2) is 13.4. The fourth-order valence-electron chi connectivity index (χ4n) is 4.77. The molecule has 43 heavy (non-hydrogen) atoms. The Labute approximate surface area is 267 Å². The van der Waals surface area contributed by atoms with Crippen molar-refractivity contribution in [2.45, 2.75) is 33.4 Å². The number of thiazole rings is 1. The predicted octanol–water partition coefficient (Wildman–Crippen LogP) is 6.74. The molecule has 222 valence electrons. The molecule has 0 saturated heterocycles. The van der Waals surface area contributed by atoms with E-state index in [9.17, 15) is 9.59 Å². The van der Waals surface area contributed by atoms with Crippen LogP contribution in [-0.2, 0) is 16.1 Å². The van der Waals surface area contributed by atoms with Crippen LogP contribution in [0.3, 0.4) is 0 Å². The number of esters is 1. The normalized spacial score (nSPS) is 14.7. The van der Waals surface area contributed by atoms with Crippen LogP contribution < -0.4 is 24.4 Å². The average molecular weight is 658 g/mol. The van der Waals surface area contributed by atoms with E-state index in [1.165, 1.54) is 15.9 Å². The summed E-state index contributed by atoms with van der Waals surface area (Å²) in [6.07, 6.45) is 1.67. The van der Waals surface area contributed by atoms with Gasteiger partial charge in [0, 0.05) is 21.2 Å². The molecular weight excluding hydrogens is 631 g/mol. The van der Waals surface area contributed by atoms with Gasteiger partial charge >= 0.3 is 5.97 Å². The molecule has 0 bridgehead atoms. The molecule has 3 aromatic carbocycles. The summed E-state index contributed by atoms with van der Waals surface area (Å²) < 4.78 is 19.0. The van der Waals surface area contributed by atoms with Crippen molar-refractivity contribution in [1.82, 2.24) is 4.57 Å². The van der Waals surface area contributed by atoms with E-state index in [-0.39, 0.29) is 23.8 Å². The molecule has 0 unspecified atom stereocenters. The number of rotatable bonds is 9. The molecule has 4 aromatic rings. The summed E-state index contributed by atoms with van der Waals surface area (Å²) in [6, 6.07) is 17.1. The lowest BCUT2D eigenvalue weighted by Crippen LogP contribution is -2.39. The van der Waals surface area contributed by atoms with Gasteiger partial charge in [0.15, 0.2) is 4.80 Å². The Kier molecular flexibility index (Phi) is 9.62. The monoisotopic (exact) mass is 656 g/mol. The Balaban J connectivity index is 1.64. The van der Waals surface area contributed by atoms with Crippen molar-refractivity contribution in [2.24, 2.45) is 4.99 Å². The molecule has 0 radical (unpaired) electrons. The van der Waals surface area contributed by atoms with Crippen molar-refractivity contribution >= 4 is 58.2 Å². The maximum absolute atomic E-state index is 14.1. The molecule has 0 amide bonds. The SMILES string of the molecule is CCOC(=O)C1=C(C)N=c2s/c(=C\c3cc(Cl)cc(Cl)c3OCc3ccccc3Cl)c(=O)n2[C@@H]1c1ccc(OCC)cc1. The van der Waals surface area contributed by atoms with Gasteiger partial charge in [0.05, 0.1) is 40.1 Å². The molecule has 0 fully saturated rings. The number of aromatic nitrogens is 1. The van der Waals surface area contributed by atoms with Gasteiger partial charge in [-0.25, -0.2) is 9.79 Å². The van der Waals surface area contributed by atoms with Crippen LogP contribution in [-0.4, -0.2) is 23.8 Å². The molecule has 0 N–H and O–H groups in total. The molecule has 1 atom stereocenters. The van der Waals surface area contributed by atoms with Gasteiger partial charge < -0.3 is 14.2 Å². The number of allylic oxidation sites excluding steroid dienone is 1. The Bertz CT molecular complexity index is 1900. The quantitative estimate of drug-likeness (QED) is 0.187. The highest BCUT2D eigenvalue weighted by molar-refractivity contribution is 7.07. The minimum Gasteiger partial charge on any atom is -0.494 e. The summed E-state index contributed by atoms with van der Waals surface area (Å²) >= 11 is 20.4. The number of fused-ring (bicyclic) bond motifs is 1. The molecule has 2 heterocycles. The van der Waals surface area contributed by atoms with E-state index in [0.29, 0.717) is 59.9 Å². The van der Waals surface area contributed by atoms with Gasteiger partial charge in [0.1, 0.15) is 18.1 Å². The first kappa shape index (κ1) is 30.9.